The molecule has 0 aromatic carbocycles. The lowest BCUT2D eigenvalue weighted by atomic mass is 10.0. The van der Waals surface area contributed by atoms with E-state index in [-0.39, 0.29) is 0 Å². The van der Waals surface area contributed by atoms with Crippen LogP contribution in [0.4, 0.5) is 0 Å². The Labute approximate surface area is 123 Å². The predicted octanol–water partition coefficient (Wildman–Crippen LogP) is 3.27. The number of unbranched alkanes of at least 4 members (excludes halogenated alkanes) is 3. The molecule has 0 spiro atoms. The van der Waals surface area contributed by atoms with Crippen molar-refractivity contribution in [3.8, 4) is 0 Å². The molecule has 0 aliphatic heterocycles. The second kappa shape index (κ2) is 8.46. The second-order valence-electron chi connectivity index (χ2n) is 5.86. The molecule has 1 aromatic rings. The van der Waals surface area contributed by atoms with Crippen molar-refractivity contribution < 1.29 is 9.30 Å². The Balaban J connectivity index is 1.99. The number of ether oxygens (including phenoxy) is 1. The van der Waals surface area contributed by atoms with Crippen molar-refractivity contribution in [2.75, 3.05) is 13.2 Å². The van der Waals surface area contributed by atoms with Crippen LogP contribution in [0.15, 0.2) is 6.33 Å². The average molecular weight is 279 g/mol. The summed E-state index contributed by atoms with van der Waals surface area (Å²) in [5, 5.41) is 0. The van der Waals surface area contributed by atoms with E-state index in [9.17, 15) is 0 Å². The smallest absolute Gasteiger partial charge is 0.244 e. The number of hydrogen-bond donors (Lipinski definition) is 0. The van der Waals surface area contributed by atoms with Crippen molar-refractivity contribution in [1.82, 2.24) is 4.57 Å². The van der Waals surface area contributed by atoms with E-state index >= 15 is 0 Å². The molecule has 0 bridgehead atoms. The van der Waals surface area contributed by atoms with Gasteiger partial charge < -0.3 is 4.74 Å². The molecular weight excluding hydrogens is 248 g/mol. The van der Waals surface area contributed by atoms with Crippen LogP contribution < -0.4 is 4.57 Å². The molecule has 114 valence electrons. The summed E-state index contributed by atoms with van der Waals surface area (Å²) in [7, 11) is 0. The quantitative estimate of drug-likeness (QED) is 0.501. The summed E-state index contributed by atoms with van der Waals surface area (Å²) in [6, 6.07) is 0. The van der Waals surface area contributed by atoms with E-state index in [0.717, 1.165) is 19.8 Å². The molecule has 3 nitrogen and oxygen atoms in total. The average Bonchev–Trinajstić information content (AvgIpc) is 2.83. The van der Waals surface area contributed by atoms with Gasteiger partial charge in [-0.3, -0.25) is 0 Å². The van der Waals surface area contributed by atoms with Gasteiger partial charge in [-0.1, -0.05) is 19.8 Å². The van der Waals surface area contributed by atoms with Crippen LogP contribution in [-0.2, 0) is 30.7 Å². The Morgan fingerprint density at radius 3 is 2.80 bits per heavy atom. The first-order chi connectivity index (χ1) is 9.86. The maximum Gasteiger partial charge on any atom is 0.244 e. The molecule has 1 aliphatic carbocycles. The van der Waals surface area contributed by atoms with Gasteiger partial charge in [0.05, 0.1) is 13.2 Å². The van der Waals surface area contributed by atoms with E-state index in [0.29, 0.717) is 0 Å². The number of nitrogens with zero attached hydrogens (tertiary/aromatic N) is 2. The van der Waals surface area contributed by atoms with Crippen molar-refractivity contribution in [2.24, 2.45) is 0 Å². The normalized spacial score (nSPS) is 14.5. The van der Waals surface area contributed by atoms with Gasteiger partial charge in [-0.2, -0.15) is 0 Å². The Morgan fingerprint density at radius 2 is 2.00 bits per heavy atom. The molecule has 20 heavy (non-hydrogen) atoms. The van der Waals surface area contributed by atoms with Gasteiger partial charge >= 0.3 is 0 Å². The van der Waals surface area contributed by atoms with E-state index in [2.05, 4.69) is 29.3 Å². The Hall–Kier alpha value is -0.830. The van der Waals surface area contributed by atoms with Crippen molar-refractivity contribution in [3.05, 3.63) is 17.7 Å². The lowest BCUT2D eigenvalue weighted by molar-refractivity contribution is -0.704. The van der Waals surface area contributed by atoms with E-state index in [1.807, 2.05) is 0 Å². The highest BCUT2D eigenvalue weighted by Crippen LogP contribution is 2.19. The van der Waals surface area contributed by atoms with Gasteiger partial charge in [-0.15, -0.1) is 0 Å². The maximum absolute atomic E-state index is 5.52. The van der Waals surface area contributed by atoms with Crippen LogP contribution in [0, 0.1) is 0 Å². The van der Waals surface area contributed by atoms with Crippen LogP contribution in [0.1, 0.15) is 63.8 Å². The molecule has 0 fully saturated rings. The summed E-state index contributed by atoms with van der Waals surface area (Å²) in [6.07, 6.45) is 12.9. The van der Waals surface area contributed by atoms with E-state index < -0.39 is 0 Å². The third-order valence-electron chi connectivity index (χ3n) is 4.32. The first-order valence-corrected chi connectivity index (χ1v) is 8.54. The SMILES string of the molecule is CCCCCC[n+]1cn(CCOCC)c2c1CCCC2. The summed E-state index contributed by atoms with van der Waals surface area (Å²) in [5.74, 6) is 0. The zero-order valence-electron chi connectivity index (χ0n) is 13.4. The Kier molecular flexibility index (Phi) is 6.58. The number of rotatable bonds is 9. The fraction of sp³-hybridized carbons (Fsp3) is 0.824. The van der Waals surface area contributed by atoms with Crippen molar-refractivity contribution >= 4 is 0 Å². The van der Waals surface area contributed by atoms with Crippen molar-refractivity contribution in [2.45, 2.75) is 78.3 Å². The van der Waals surface area contributed by atoms with Crippen LogP contribution in [0.3, 0.4) is 0 Å². The highest BCUT2D eigenvalue weighted by molar-refractivity contribution is 5.11. The molecule has 1 aromatic heterocycles. The van der Waals surface area contributed by atoms with E-state index in [4.69, 9.17) is 4.74 Å². The number of aryl methyl sites for hydroxylation is 1. The van der Waals surface area contributed by atoms with Gasteiger partial charge in [0.25, 0.3) is 0 Å². The standard InChI is InChI=1S/C17H31N2O/c1-3-5-6-9-12-18-15-19(13-14-20-4-2)17-11-8-7-10-16(17)18/h15H,3-14H2,1-2H3/q+1. The molecule has 0 amide bonds. The number of hydrogen-bond acceptors (Lipinski definition) is 1. The maximum atomic E-state index is 5.52. The van der Waals surface area contributed by atoms with Gasteiger partial charge in [0.2, 0.25) is 6.33 Å². The van der Waals surface area contributed by atoms with Gasteiger partial charge in [0, 0.05) is 19.4 Å². The fourth-order valence-corrected chi connectivity index (χ4v) is 3.20. The summed E-state index contributed by atoms with van der Waals surface area (Å²) < 4.78 is 10.5. The van der Waals surface area contributed by atoms with E-state index in [1.165, 1.54) is 57.9 Å². The molecule has 3 heteroatoms. The molecule has 0 atom stereocenters. The van der Waals surface area contributed by atoms with Crippen LogP contribution in [0.5, 0.6) is 0 Å². The molecule has 0 N–H and O–H groups in total. The largest absolute Gasteiger partial charge is 0.378 e. The topological polar surface area (TPSA) is 18.0 Å². The monoisotopic (exact) mass is 279 g/mol. The van der Waals surface area contributed by atoms with Crippen LogP contribution in [0.2, 0.25) is 0 Å². The van der Waals surface area contributed by atoms with Crippen LogP contribution in [0.25, 0.3) is 0 Å². The predicted molar refractivity (Wildman–Crippen MR) is 81.9 cm³/mol. The Morgan fingerprint density at radius 1 is 1.15 bits per heavy atom. The summed E-state index contributed by atoms with van der Waals surface area (Å²) in [4.78, 5) is 0. The summed E-state index contributed by atoms with van der Waals surface area (Å²) in [6.45, 7) is 8.22. The summed E-state index contributed by atoms with van der Waals surface area (Å²) >= 11 is 0. The molecule has 0 saturated carbocycles. The summed E-state index contributed by atoms with van der Waals surface area (Å²) in [5.41, 5.74) is 3.18. The van der Waals surface area contributed by atoms with Gasteiger partial charge in [-0.25, -0.2) is 9.13 Å². The molecule has 0 unspecified atom stereocenters. The number of aromatic nitrogens is 2. The molecule has 1 aliphatic rings. The molecule has 0 saturated heterocycles. The zero-order valence-corrected chi connectivity index (χ0v) is 13.4. The minimum atomic E-state index is 0.820. The highest BCUT2D eigenvalue weighted by atomic mass is 16.5. The number of imidazole rings is 1. The van der Waals surface area contributed by atoms with Gasteiger partial charge in [0.15, 0.2) is 0 Å². The zero-order chi connectivity index (χ0) is 14.2. The lowest BCUT2D eigenvalue weighted by Crippen LogP contribution is -2.37. The number of fused-ring (bicyclic) bond motifs is 1. The third-order valence-corrected chi connectivity index (χ3v) is 4.32. The van der Waals surface area contributed by atoms with Gasteiger partial charge in [0.1, 0.15) is 17.9 Å². The highest BCUT2D eigenvalue weighted by Gasteiger charge is 2.25. The molecule has 0 radical (unpaired) electrons. The molecular formula is C17H31N2O+. The molecule has 2 rings (SSSR count). The first kappa shape index (κ1) is 15.6. The second-order valence-corrected chi connectivity index (χ2v) is 5.86. The van der Waals surface area contributed by atoms with Crippen LogP contribution in [-0.4, -0.2) is 17.8 Å². The molecule has 1 heterocycles. The fourth-order valence-electron chi connectivity index (χ4n) is 3.20. The van der Waals surface area contributed by atoms with Crippen LogP contribution >= 0.6 is 0 Å². The lowest BCUT2D eigenvalue weighted by Gasteiger charge is -2.10. The minimum Gasteiger partial charge on any atom is -0.378 e. The van der Waals surface area contributed by atoms with Crippen molar-refractivity contribution in [3.63, 3.8) is 0 Å². The van der Waals surface area contributed by atoms with Gasteiger partial charge in [-0.05, 0) is 32.6 Å². The Bertz CT molecular complexity index is 398. The third kappa shape index (κ3) is 4.08. The minimum absolute atomic E-state index is 0.820. The first-order valence-electron chi connectivity index (χ1n) is 8.54. The van der Waals surface area contributed by atoms with E-state index in [1.54, 1.807) is 11.4 Å². The van der Waals surface area contributed by atoms with Crippen molar-refractivity contribution in [1.29, 1.82) is 0 Å².